The van der Waals surface area contributed by atoms with E-state index in [2.05, 4.69) is 4.99 Å². The van der Waals surface area contributed by atoms with Gasteiger partial charge in [-0.1, -0.05) is 18.2 Å². The van der Waals surface area contributed by atoms with Crippen LogP contribution in [-0.4, -0.2) is 28.0 Å². The van der Waals surface area contributed by atoms with Gasteiger partial charge in [0.1, 0.15) is 16.8 Å². The number of rotatable bonds is 2. The lowest BCUT2D eigenvalue weighted by Crippen LogP contribution is -2.66. The first-order valence-corrected chi connectivity index (χ1v) is 6.14. The van der Waals surface area contributed by atoms with Gasteiger partial charge >= 0.3 is 11.8 Å². The van der Waals surface area contributed by atoms with Crippen LogP contribution in [0.25, 0.3) is 0 Å². The fraction of sp³-hybridized carbons (Fsp3) is 0.429. The number of amidine groups is 1. The number of benzene rings is 1. The van der Waals surface area contributed by atoms with Crippen LogP contribution in [0, 0.1) is 5.21 Å². The van der Waals surface area contributed by atoms with Gasteiger partial charge in [-0.25, -0.2) is 9.79 Å². The monoisotopic (exact) mass is 262 g/mol. The molecule has 1 N–H and O–H groups in total. The molecule has 1 heterocycles. The van der Waals surface area contributed by atoms with Crippen molar-refractivity contribution < 1.29 is 9.90 Å². The smallest absolute Gasteiger partial charge is 0.412 e. The van der Waals surface area contributed by atoms with Gasteiger partial charge in [-0.2, -0.15) is 0 Å². The predicted octanol–water partition coefficient (Wildman–Crippen LogP) is 2.55. The van der Waals surface area contributed by atoms with E-state index in [0.717, 1.165) is 0 Å². The molecule has 0 saturated carbocycles. The summed E-state index contributed by atoms with van der Waals surface area (Å²) in [6, 6.07) is 8.55. The Hall–Kier alpha value is -1.72. The van der Waals surface area contributed by atoms with Gasteiger partial charge in [0.2, 0.25) is 0 Å². The second kappa shape index (κ2) is 3.88. The predicted molar refractivity (Wildman–Crippen MR) is 74.8 cm³/mol. The number of quaternary nitrogens is 1. The van der Waals surface area contributed by atoms with Crippen molar-refractivity contribution in [2.75, 3.05) is 0 Å². The maximum absolute atomic E-state index is 13.4. The molecule has 0 fully saturated rings. The third kappa shape index (κ3) is 1.62. The summed E-state index contributed by atoms with van der Waals surface area (Å²) >= 11 is 0. The van der Waals surface area contributed by atoms with Crippen LogP contribution in [-0.2, 0) is 4.79 Å². The van der Waals surface area contributed by atoms with E-state index in [1.165, 1.54) is 0 Å². The Morgan fingerprint density at radius 2 is 1.74 bits per heavy atom. The third-order valence-electron chi connectivity index (χ3n) is 4.28. The molecule has 1 aromatic carbocycles. The van der Waals surface area contributed by atoms with Gasteiger partial charge in [-0.3, -0.25) is 4.65 Å². The van der Waals surface area contributed by atoms with Gasteiger partial charge in [0.25, 0.3) is 0 Å². The molecule has 0 radical (unpaired) electrons. The maximum atomic E-state index is 13.4. The lowest BCUT2D eigenvalue weighted by molar-refractivity contribution is -0.130. The average Bonchev–Trinajstić information content (AvgIpc) is 2.49. The van der Waals surface area contributed by atoms with Gasteiger partial charge in [0.15, 0.2) is 0 Å². The largest absolute Gasteiger partial charge is 0.620 e. The highest BCUT2D eigenvalue weighted by Crippen LogP contribution is 2.46. The topological polar surface area (TPSA) is 72.7 Å². The van der Waals surface area contributed by atoms with Gasteiger partial charge in [0, 0.05) is 0 Å². The summed E-state index contributed by atoms with van der Waals surface area (Å²) in [4.78, 5) is 15.6. The number of carboxylic acids is 1. The lowest BCUT2D eigenvalue weighted by Gasteiger charge is -2.50. The molecule has 0 aromatic heterocycles. The number of hydroxylamine groups is 2. The Morgan fingerprint density at radius 1 is 1.21 bits per heavy atom. The molecule has 1 atom stereocenters. The molecule has 1 aromatic rings. The standard InChI is InChI=1S/C14H18N2O3/c1-13(2)14(3,4)16(19,11(15-13)12(17)18)10-8-6-5-7-9-10/h5-9H,1-4H3,(H,17,18). The van der Waals surface area contributed by atoms with Crippen LogP contribution in [0.1, 0.15) is 27.7 Å². The van der Waals surface area contributed by atoms with Crippen molar-refractivity contribution in [3.8, 4) is 0 Å². The van der Waals surface area contributed by atoms with E-state index < -0.39 is 21.7 Å². The van der Waals surface area contributed by atoms with Gasteiger partial charge in [-0.05, 0) is 39.8 Å². The molecular weight excluding hydrogens is 244 g/mol. The van der Waals surface area contributed by atoms with Crippen LogP contribution in [0.5, 0.6) is 0 Å². The van der Waals surface area contributed by atoms with Crippen LogP contribution in [0.4, 0.5) is 5.69 Å². The molecule has 0 amide bonds. The third-order valence-corrected chi connectivity index (χ3v) is 4.28. The summed E-state index contributed by atoms with van der Waals surface area (Å²) in [5.74, 6) is -1.63. The Labute approximate surface area is 112 Å². The summed E-state index contributed by atoms with van der Waals surface area (Å²) in [6.07, 6.45) is 0. The minimum atomic E-state index is -1.27. The molecule has 0 spiro atoms. The Morgan fingerprint density at radius 3 is 2.21 bits per heavy atom. The van der Waals surface area contributed by atoms with Crippen molar-refractivity contribution in [2.45, 2.75) is 38.8 Å². The van der Waals surface area contributed by atoms with Crippen molar-refractivity contribution in [1.82, 2.24) is 4.65 Å². The van der Waals surface area contributed by atoms with Gasteiger partial charge < -0.3 is 10.3 Å². The number of aliphatic carboxylic acids is 1. The zero-order valence-electron chi connectivity index (χ0n) is 11.5. The molecule has 19 heavy (non-hydrogen) atoms. The van der Waals surface area contributed by atoms with Gasteiger partial charge in [0.05, 0.1) is 0 Å². The molecule has 1 aliphatic rings. The first-order valence-electron chi connectivity index (χ1n) is 6.14. The van der Waals surface area contributed by atoms with E-state index in [1.807, 2.05) is 0 Å². The highest BCUT2D eigenvalue weighted by atomic mass is 16.6. The van der Waals surface area contributed by atoms with Crippen molar-refractivity contribution in [1.29, 1.82) is 0 Å². The highest BCUT2D eigenvalue weighted by Gasteiger charge is 2.61. The fourth-order valence-electron chi connectivity index (χ4n) is 2.39. The molecule has 0 bridgehead atoms. The second-order valence-electron chi connectivity index (χ2n) is 5.80. The molecule has 5 nitrogen and oxygen atoms in total. The number of hydrogen-bond donors (Lipinski definition) is 1. The first kappa shape index (κ1) is 13.7. The molecular formula is C14H18N2O3. The van der Waals surface area contributed by atoms with Crippen LogP contribution in [0.2, 0.25) is 0 Å². The first-order chi connectivity index (χ1) is 8.64. The van der Waals surface area contributed by atoms with Crippen molar-refractivity contribution in [2.24, 2.45) is 4.99 Å². The normalized spacial score (nSPS) is 27.9. The van der Waals surface area contributed by atoms with Crippen LogP contribution >= 0.6 is 0 Å². The van der Waals surface area contributed by atoms with E-state index in [-0.39, 0.29) is 5.84 Å². The molecule has 2 rings (SSSR count). The summed E-state index contributed by atoms with van der Waals surface area (Å²) in [5.41, 5.74) is -1.26. The molecule has 5 heteroatoms. The summed E-state index contributed by atoms with van der Waals surface area (Å²) in [7, 11) is 0. The highest BCUT2D eigenvalue weighted by molar-refractivity contribution is 6.39. The number of hydrogen-bond acceptors (Lipinski definition) is 3. The second-order valence-corrected chi connectivity index (χ2v) is 5.80. The van der Waals surface area contributed by atoms with Crippen LogP contribution < -0.4 is 4.65 Å². The fourth-order valence-corrected chi connectivity index (χ4v) is 2.39. The zero-order chi connectivity index (χ0) is 14.5. The number of nitrogens with zero attached hydrogens (tertiary/aromatic N) is 2. The van der Waals surface area contributed by atoms with E-state index in [0.29, 0.717) is 5.69 Å². The molecule has 102 valence electrons. The minimum Gasteiger partial charge on any atom is -0.620 e. The van der Waals surface area contributed by atoms with E-state index >= 15 is 0 Å². The quantitative estimate of drug-likeness (QED) is 0.657. The zero-order valence-corrected chi connectivity index (χ0v) is 11.5. The van der Waals surface area contributed by atoms with E-state index in [1.54, 1.807) is 58.0 Å². The molecule has 0 aliphatic carbocycles. The number of aliphatic imine (C=N–C) groups is 1. The van der Waals surface area contributed by atoms with Gasteiger partial charge in [-0.15, -0.1) is 0 Å². The average molecular weight is 262 g/mol. The van der Waals surface area contributed by atoms with Crippen LogP contribution in [0.3, 0.4) is 0 Å². The van der Waals surface area contributed by atoms with E-state index in [9.17, 15) is 15.1 Å². The summed E-state index contributed by atoms with van der Waals surface area (Å²) < 4.78 is -1.05. The number of carbonyl (C=O) groups is 1. The Balaban J connectivity index is 2.72. The molecule has 1 unspecified atom stereocenters. The lowest BCUT2D eigenvalue weighted by atomic mass is 9.82. The Bertz CT molecular complexity index is 549. The van der Waals surface area contributed by atoms with Crippen molar-refractivity contribution in [3.05, 3.63) is 35.5 Å². The summed E-state index contributed by atoms with van der Waals surface area (Å²) in [6.45, 7) is 7.09. The van der Waals surface area contributed by atoms with Crippen LogP contribution in [0.15, 0.2) is 35.3 Å². The molecule has 1 aliphatic heterocycles. The Kier molecular flexibility index (Phi) is 2.80. The minimum absolute atomic E-state index is 0.360. The van der Waals surface area contributed by atoms with E-state index in [4.69, 9.17) is 0 Å². The summed E-state index contributed by atoms with van der Waals surface area (Å²) in [5, 5.41) is 22.7. The van der Waals surface area contributed by atoms with Crippen molar-refractivity contribution >= 4 is 17.5 Å². The molecule has 0 saturated heterocycles. The van der Waals surface area contributed by atoms with Crippen molar-refractivity contribution in [3.63, 3.8) is 0 Å². The number of carboxylic acid groups (broad SMARTS) is 1. The SMILES string of the molecule is CC1(C)N=C(C(=O)O)[N+]([O-])(c2ccccc2)C1(C)C. The number of para-hydroxylation sites is 1. The maximum Gasteiger partial charge on any atom is 0.412 e.